The van der Waals surface area contributed by atoms with Gasteiger partial charge >= 0.3 is 0 Å². The van der Waals surface area contributed by atoms with Crippen LogP contribution >= 0.6 is 0 Å². The second kappa shape index (κ2) is 29.9. The molecule has 4 nitrogen and oxygen atoms in total. The van der Waals surface area contributed by atoms with Crippen molar-refractivity contribution in [3.8, 4) is 0 Å². The molecule has 4 heteroatoms. The van der Waals surface area contributed by atoms with Gasteiger partial charge in [-0.2, -0.15) is 0 Å². The zero-order valence-corrected chi connectivity index (χ0v) is 24.9. The quantitative estimate of drug-likeness (QED) is 0.0732. The third kappa shape index (κ3) is 26.0. The summed E-state index contributed by atoms with van der Waals surface area (Å²) in [5.74, 6) is -0.0937. The fourth-order valence-electron chi connectivity index (χ4n) is 4.29. The lowest BCUT2D eigenvalue weighted by atomic mass is 10.1. The van der Waals surface area contributed by atoms with Gasteiger partial charge in [0.2, 0.25) is 5.91 Å². The van der Waals surface area contributed by atoms with Crippen LogP contribution in [0.3, 0.4) is 0 Å². The van der Waals surface area contributed by atoms with Gasteiger partial charge in [-0.25, -0.2) is 0 Å². The van der Waals surface area contributed by atoms with E-state index >= 15 is 0 Å². The van der Waals surface area contributed by atoms with Crippen LogP contribution in [0.5, 0.6) is 0 Å². The highest BCUT2D eigenvalue weighted by Gasteiger charge is 2.17. The predicted molar refractivity (Wildman–Crippen MR) is 165 cm³/mol. The summed E-state index contributed by atoms with van der Waals surface area (Å²) in [4.78, 5) is 12.2. The number of allylic oxidation sites excluding steroid dienone is 7. The van der Waals surface area contributed by atoms with Crippen LogP contribution in [-0.2, 0) is 4.79 Å². The Bertz CT molecular complexity index is 623. The van der Waals surface area contributed by atoms with Crippen molar-refractivity contribution in [2.45, 2.75) is 154 Å². The van der Waals surface area contributed by atoms with Gasteiger partial charge in [0.1, 0.15) is 0 Å². The first-order valence-electron chi connectivity index (χ1n) is 15.9. The van der Waals surface area contributed by atoms with Crippen LogP contribution in [0.2, 0.25) is 0 Å². The molecule has 0 saturated heterocycles. The van der Waals surface area contributed by atoms with Gasteiger partial charge in [-0.3, -0.25) is 4.79 Å². The van der Waals surface area contributed by atoms with Crippen molar-refractivity contribution in [1.29, 1.82) is 0 Å². The van der Waals surface area contributed by atoms with E-state index in [4.69, 9.17) is 0 Å². The largest absolute Gasteiger partial charge is 0.394 e. The molecular weight excluding hydrogens is 470 g/mol. The minimum absolute atomic E-state index is 0.0937. The summed E-state index contributed by atoms with van der Waals surface area (Å²) in [5, 5.41) is 22.7. The van der Waals surface area contributed by atoms with E-state index in [0.717, 1.165) is 51.4 Å². The summed E-state index contributed by atoms with van der Waals surface area (Å²) in [7, 11) is 0. The van der Waals surface area contributed by atoms with Crippen molar-refractivity contribution in [2.24, 2.45) is 0 Å². The molecule has 2 atom stereocenters. The maximum Gasteiger partial charge on any atom is 0.220 e. The Kier molecular flexibility index (Phi) is 28.6. The first-order valence-corrected chi connectivity index (χ1v) is 15.9. The van der Waals surface area contributed by atoms with Gasteiger partial charge in [0.25, 0.3) is 0 Å². The molecule has 2 unspecified atom stereocenters. The van der Waals surface area contributed by atoms with Crippen molar-refractivity contribution in [2.75, 3.05) is 6.61 Å². The van der Waals surface area contributed by atoms with E-state index in [1.165, 1.54) is 70.6 Å². The molecule has 220 valence electrons. The number of unbranched alkanes of at least 4 members (excludes halogenated alkanes) is 14. The maximum absolute atomic E-state index is 12.2. The Morgan fingerprint density at radius 2 is 1.16 bits per heavy atom. The van der Waals surface area contributed by atoms with Crippen LogP contribution in [-0.4, -0.2) is 34.9 Å². The summed E-state index contributed by atoms with van der Waals surface area (Å²) in [6.07, 6.45) is 38.9. The molecule has 0 saturated carbocycles. The Balaban J connectivity index is 3.78. The SMILES string of the molecule is CCC/C=C\C/C=C\CCCCCCCC(=O)NC(CO)C(O)/C=C/CC/C=C/CCCCCCCCC. The standard InChI is InChI=1S/C34H61NO3/c1-3-5-7-9-11-13-15-17-19-21-23-25-27-29-33(37)32(31-36)35-34(38)30-28-26-24-22-20-18-16-14-12-10-8-6-4-2/h8,10,14,16,19,21,27,29,32-33,36-37H,3-7,9,11-13,15,17-18,20,22-26,28,30-31H2,1-2H3,(H,35,38)/b10-8-,16-14-,21-19+,29-27+. The van der Waals surface area contributed by atoms with Gasteiger partial charge in [-0.1, -0.05) is 127 Å². The Morgan fingerprint density at radius 1 is 0.632 bits per heavy atom. The monoisotopic (exact) mass is 531 g/mol. The molecule has 0 spiro atoms. The number of hydrogen-bond acceptors (Lipinski definition) is 3. The topological polar surface area (TPSA) is 69.6 Å². The zero-order chi connectivity index (χ0) is 27.9. The fraction of sp³-hybridized carbons (Fsp3) is 0.735. The van der Waals surface area contributed by atoms with Crippen LogP contribution in [0.15, 0.2) is 48.6 Å². The van der Waals surface area contributed by atoms with E-state index in [0.29, 0.717) is 6.42 Å². The molecule has 0 bridgehead atoms. The minimum atomic E-state index is -0.865. The lowest BCUT2D eigenvalue weighted by molar-refractivity contribution is -0.123. The highest BCUT2D eigenvalue weighted by atomic mass is 16.3. The Labute approximate surface area is 235 Å². The summed E-state index contributed by atoms with van der Waals surface area (Å²) in [6.45, 7) is 4.18. The molecule has 0 aromatic heterocycles. The lowest BCUT2D eigenvalue weighted by Crippen LogP contribution is -2.45. The second-order valence-corrected chi connectivity index (χ2v) is 10.5. The lowest BCUT2D eigenvalue weighted by Gasteiger charge is -2.19. The first-order chi connectivity index (χ1) is 18.7. The molecule has 38 heavy (non-hydrogen) atoms. The highest BCUT2D eigenvalue weighted by Crippen LogP contribution is 2.10. The molecule has 0 aliphatic carbocycles. The molecule has 1 amide bonds. The number of carbonyl (C=O) groups excluding carboxylic acids is 1. The van der Waals surface area contributed by atoms with Gasteiger partial charge in [-0.05, 0) is 57.8 Å². The number of aliphatic hydroxyl groups excluding tert-OH is 2. The molecule has 0 heterocycles. The molecule has 0 aromatic carbocycles. The third-order valence-corrected chi connectivity index (χ3v) is 6.77. The van der Waals surface area contributed by atoms with Crippen molar-refractivity contribution in [1.82, 2.24) is 5.32 Å². The van der Waals surface area contributed by atoms with Crippen LogP contribution in [0, 0.1) is 0 Å². The number of carbonyl (C=O) groups is 1. The van der Waals surface area contributed by atoms with E-state index in [9.17, 15) is 15.0 Å². The molecule has 0 rings (SSSR count). The summed E-state index contributed by atoms with van der Waals surface area (Å²) < 4.78 is 0. The molecule has 3 N–H and O–H groups in total. The number of rotatable bonds is 27. The first kappa shape index (κ1) is 36.4. The molecule has 0 aliphatic heterocycles. The number of nitrogens with one attached hydrogen (secondary N) is 1. The number of amides is 1. The van der Waals surface area contributed by atoms with E-state index in [1.807, 2.05) is 6.08 Å². The molecule has 0 aromatic rings. The van der Waals surface area contributed by atoms with E-state index in [2.05, 4.69) is 55.6 Å². The van der Waals surface area contributed by atoms with Crippen LogP contribution in [0.25, 0.3) is 0 Å². The smallest absolute Gasteiger partial charge is 0.220 e. The van der Waals surface area contributed by atoms with Gasteiger partial charge in [-0.15, -0.1) is 0 Å². The van der Waals surface area contributed by atoms with Gasteiger partial charge in [0.15, 0.2) is 0 Å². The van der Waals surface area contributed by atoms with Crippen LogP contribution < -0.4 is 5.32 Å². The van der Waals surface area contributed by atoms with Gasteiger partial charge in [0.05, 0.1) is 18.8 Å². The molecule has 0 radical (unpaired) electrons. The normalized spacial score (nSPS) is 13.9. The zero-order valence-electron chi connectivity index (χ0n) is 24.9. The number of hydrogen-bond donors (Lipinski definition) is 3. The molecule has 0 fully saturated rings. The summed E-state index contributed by atoms with van der Waals surface area (Å²) >= 11 is 0. The second-order valence-electron chi connectivity index (χ2n) is 10.5. The fourth-order valence-corrected chi connectivity index (χ4v) is 4.29. The average molecular weight is 532 g/mol. The van der Waals surface area contributed by atoms with E-state index in [-0.39, 0.29) is 12.5 Å². The van der Waals surface area contributed by atoms with Crippen LogP contribution in [0.1, 0.15) is 142 Å². The Morgan fingerprint density at radius 3 is 1.79 bits per heavy atom. The van der Waals surface area contributed by atoms with Gasteiger partial charge < -0.3 is 15.5 Å². The van der Waals surface area contributed by atoms with Gasteiger partial charge in [0, 0.05) is 6.42 Å². The van der Waals surface area contributed by atoms with Crippen molar-refractivity contribution < 1.29 is 15.0 Å². The van der Waals surface area contributed by atoms with Crippen molar-refractivity contribution >= 4 is 5.91 Å². The van der Waals surface area contributed by atoms with E-state index in [1.54, 1.807) is 6.08 Å². The van der Waals surface area contributed by atoms with Crippen LogP contribution in [0.4, 0.5) is 0 Å². The average Bonchev–Trinajstić information content (AvgIpc) is 2.92. The predicted octanol–water partition coefficient (Wildman–Crippen LogP) is 8.89. The molecular formula is C34H61NO3. The maximum atomic E-state index is 12.2. The third-order valence-electron chi connectivity index (χ3n) is 6.77. The summed E-state index contributed by atoms with van der Waals surface area (Å²) in [5.41, 5.74) is 0. The summed E-state index contributed by atoms with van der Waals surface area (Å²) in [6, 6.07) is -0.643. The van der Waals surface area contributed by atoms with Crippen molar-refractivity contribution in [3.63, 3.8) is 0 Å². The molecule has 0 aliphatic rings. The Hall–Kier alpha value is -1.65. The van der Waals surface area contributed by atoms with E-state index < -0.39 is 12.1 Å². The minimum Gasteiger partial charge on any atom is -0.394 e. The van der Waals surface area contributed by atoms with Crippen molar-refractivity contribution in [3.05, 3.63) is 48.6 Å². The number of aliphatic hydroxyl groups is 2. The highest BCUT2D eigenvalue weighted by molar-refractivity contribution is 5.76.